The molecule has 186 valence electrons. The zero-order chi connectivity index (χ0) is 25.5. The minimum absolute atomic E-state index is 0.124. The molecule has 4 aromatic rings. The van der Waals surface area contributed by atoms with Gasteiger partial charge < -0.3 is 15.5 Å². The number of nitrogens with one attached hydrogen (secondary N) is 2. The molecule has 5 heteroatoms. The van der Waals surface area contributed by atoms with Gasteiger partial charge in [-0.25, -0.2) is 0 Å². The Morgan fingerprint density at radius 3 is 2.05 bits per heavy atom. The minimum atomic E-state index is -0.205. The molecule has 5 nitrogen and oxygen atoms in total. The number of nitrogens with zero attached hydrogens (tertiary/aromatic N) is 1. The molecule has 0 aliphatic carbocycles. The molecule has 2 amide bonds. The monoisotopic (exact) mass is 489 g/mol. The highest BCUT2D eigenvalue weighted by molar-refractivity contribution is 6.06. The predicted molar refractivity (Wildman–Crippen MR) is 150 cm³/mol. The molecular weight excluding hydrogens is 458 g/mol. The Hall–Kier alpha value is -4.38. The zero-order valence-corrected chi connectivity index (χ0v) is 20.8. The highest BCUT2D eigenvalue weighted by atomic mass is 16.2. The summed E-state index contributed by atoms with van der Waals surface area (Å²) < 4.78 is 0. The topological polar surface area (TPSA) is 61.4 Å². The van der Waals surface area contributed by atoms with Crippen LogP contribution in [-0.4, -0.2) is 31.4 Å². The molecule has 0 bridgehead atoms. The first-order valence-corrected chi connectivity index (χ1v) is 12.9. The summed E-state index contributed by atoms with van der Waals surface area (Å²) in [5.74, 6) is -0.329. The van der Waals surface area contributed by atoms with Gasteiger partial charge in [0.15, 0.2) is 0 Å². The summed E-state index contributed by atoms with van der Waals surface area (Å²) in [7, 11) is 0. The average molecular weight is 490 g/mol. The summed E-state index contributed by atoms with van der Waals surface area (Å²) in [5, 5.41) is 6.04. The van der Waals surface area contributed by atoms with Crippen LogP contribution in [-0.2, 0) is 6.42 Å². The first-order valence-electron chi connectivity index (χ1n) is 12.9. The van der Waals surface area contributed by atoms with Gasteiger partial charge in [0.25, 0.3) is 11.8 Å². The number of hydrogen-bond acceptors (Lipinski definition) is 3. The Morgan fingerprint density at radius 1 is 0.703 bits per heavy atom. The first kappa shape index (κ1) is 24.3. The molecule has 0 aromatic heterocycles. The van der Waals surface area contributed by atoms with Crippen molar-refractivity contribution in [3.8, 4) is 11.1 Å². The van der Waals surface area contributed by atoms with E-state index in [4.69, 9.17) is 0 Å². The summed E-state index contributed by atoms with van der Waals surface area (Å²) in [6.07, 6.45) is 3.00. The lowest BCUT2D eigenvalue weighted by Gasteiger charge is -2.22. The van der Waals surface area contributed by atoms with Gasteiger partial charge in [-0.05, 0) is 66.3 Å². The van der Waals surface area contributed by atoms with Gasteiger partial charge >= 0.3 is 0 Å². The SMILES string of the molecule is O=C(Nc1ccc(N2CCCC2)c(C(=O)NCCc2ccccc2)c1)c1ccc(-c2ccccc2)cc1. The quantitative estimate of drug-likeness (QED) is 0.311. The van der Waals surface area contributed by atoms with E-state index in [1.807, 2.05) is 84.9 Å². The van der Waals surface area contributed by atoms with Crippen LogP contribution < -0.4 is 15.5 Å². The van der Waals surface area contributed by atoms with Crippen molar-refractivity contribution >= 4 is 23.2 Å². The van der Waals surface area contributed by atoms with Crippen molar-refractivity contribution < 1.29 is 9.59 Å². The van der Waals surface area contributed by atoms with Gasteiger partial charge in [0.1, 0.15) is 0 Å². The third-order valence-corrected chi connectivity index (χ3v) is 6.74. The molecule has 1 saturated heterocycles. The minimum Gasteiger partial charge on any atom is -0.371 e. The third-order valence-electron chi connectivity index (χ3n) is 6.74. The van der Waals surface area contributed by atoms with E-state index in [1.54, 1.807) is 6.07 Å². The van der Waals surface area contributed by atoms with Gasteiger partial charge in [-0.15, -0.1) is 0 Å². The Kier molecular flexibility index (Phi) is 7.60. The van der Waals surface area contributed by atoms with E-state index in [1.165, 1.54) is 5.56 Å². The van der Waals surface area contributed by atoms with E-state index in [9.17, 15) is 9.59 Å². The van der Waals surface area contributed by atoms with Crippen LogP contribution in [0.15, 0.2) is 103 Å². The summed E-state index contributed by atoms with van der Waals surface area (Å²) in [5.41, 5.74) is 6.02. The van der Waals surface area contributed by atoms with Crippen molar-refractivity contribution in [2.24, 2.45) is 0 Å². The Bertz CT molecular complexity index is 1350. The van der Waals surface area contributed by atoms with Crippen molar-refractivity contribution in [3.05, 3.63) is 120 Å². The van der Waals surface area contributed by atoms with Crippen LogP contribution in [0.2, 0.25) is 0 Å². The first-order chi connectivity index (χ1) is 18.2. The number of anilines is 2. The summed E-state index contributed by atoms with van der Waals surface area (Å²) >= 11 is 0. The van der Waals surface area contributed by atoms with Gasteiger partial charge in [-0.2, -0.15) is 0 Å². The second-order valence-corrected chi connectivity index (χ2v) is 9.32. The van der Waals surface area contributed by atoms with E-state index in [0.29, 0.717) is 23.4 Å². The van der Waals surface area contributed by atoms with E-state index in [2.05, 4.69) is 27.7 Å². The van der Waals surface area contributed by atoms with Gasteiger partial charge in [-0.1, -0.05) is 72.8 Å². The van der Waals surface area contributed by atoms with Gasteiger partial charge in [0, 0.05) is 36.6 Å². The van der Waals surface area contributed by atoms with Crippen molar-refractivity contribution in [2.75, 3.05) is 29.9 Å². The maximum absolute atomic E-state index is 13.2. The summed E-state index contributed by atoms with van der Waals surface area (Å²) in [6.45, 7) is 2.42. The van der Waals surface area contributed by atoms with Crippen molar-refractivity contribution in [3.63, 3.8) is 0 Å². The molecule has 0 atom stereocenters. The van der Waals surface area contributed by atoms with Crippen molar-refractivity contribution in [1.82, 2.24) is 5.32 Å². The molecule has 1 heterocycles. The number of amides is 2. The molecule has 5 rings (SSSR count). The predicted octanol–water partition coefficient (Wildman–Crippen LogP) is 6.18. The highest BCUT2D eigenvalue weighted by Crippen LogP contribution is 2.28. The second-order valence-electron chi connectivity index (χ2n) is 9.32. The number of carbonyl (C=O) groups is 2. The summed E-state index contributed by atoms with van der Waals surface area (Å²) in [6, 6.07) is 33.4. The van der Waals surface area contributed by atoms with E-state index in [-0.39, 0.29) is 11.8 Å². The lowest BCUT2D eigenvalue weighted by Crippen LogP contribution is -2.29. The van der Waals surface area contributed by atoms with E-state index < -0.39 is 0 Å². The largest absolute Gasteiger partial charge is 0.371 e. The molecule has 0 spiro atoms. The molecule has 0 unspecified atom stereocenters. The molecule has 0 saturated carbocycles. The maximum Gasteiger partial charge on any atom is 0.255 e. The number of carbonyl (C=O) groups excluding carboxylic acids is 2. The molecule has 2 N–H and O–H groups in total. The van der Waals surface area contributed by atoms with Crippen LogP contribution in [0.25, 0.3) is 11.1 Å². The lowest BCUT2D eigenvalue weighted by molar-refractivity contribution is 0.0953. The van der Waals surface area contributed by atoms with Crippen LogP contribution in [0.3, 0.4) is 0 Å². The van der Waals surface area contributed by atoms with Crippen molar-refractivity contribution in [1.29, 1.82) is 0 Å². The lowest BCUT2D eigenvalue weighted by atomic mass is 10.0. The van der Waals surface area contributed by atoms with E-state index >= 15 is 0 Å². The molecule has 1 fully saturated rings. The van der Waals surface area contributed by atoms with Crippen LogP contribution >= 0.6 is 0 Å². The van der Waals surface area contributed by atoms with Crippen LogP contribution in [0, 0.1) is 0 Å². The zero-order valence-electron chi connectivity index (χ0n) is 20.8. The number of benzene rings is 4. The fourth-order valence-corrected chi connectivity index (χ4v) is 4.74. The highest BCUT2D eigenvalue weighted by Gasteiger charge is 2.20. The molecular formula is C32H31N3O2. The van der Waals surface area contributed by atoms with E-state index in [0.717, 1.165) is 49.2 Å². The Labute approximate surface area is 218 Å². The smallest absolute Gasteiger partial charge is 0.255 e. The molecule has 37 heavy (non-hydrogen) atoms. The molecule has 1 aliphatic rings. The molecule has 1 aliphatic heterocycles. The average Bonchev–Trinajstić information content (AvgIpc) is 3.49. The summed E-state index contributed by atoms with van der Waals surface area (Å²) in [4.78, 5) is 28.5. The number of rotatable bonds is 8. The fourth-order valence-electron chi connectivity index (χ4n) is 4.74. The fraction of sp³-hybridized carbons (Fsp3) is 0.188. The third kappa shape index (κ3) is 6.07. The van der Waals surface area contributed by atoms with Crippen LogP contribution in [0.4, 0.5) is 11.4 Å². The van der Waals surface area contributed by atoms with Gasteiger partial charge in [-0.3, -0.25) is 9.59 Å². The number of hydrogen-bond donors (Lipinski definition) is 2. The van der Waals surface area contributed by atoms with Gasteiger partial charge in [0.05, 0.1) is 5.56 Å². The second kappa shape index (κ2) is 11.6. The van der Waals surface area contributed by atoms with Gasteiger partial charge in [0.2, 0.25) is 0 Å². The van der Waals surface area contributed by atoms with Crippen LogP contribution in [0.5, 0.6) is 0 Å². The standard InChI is InChI=1S/C32H31N3O2/c36-31(27-15-13-26(14-16-27)25-11-5-2-6-12-25)34-28-17-18-30(35-21-7-8-22-35)29(23-28)32(37)33-20-19-24-9-3-1-4-10-24/h1-6,9-18,23H,7-8,19-22H2,(H,33,37)(H,34,36). The normalized spacial score (nSPS) is 12.8. The van der Waals surface area contributed by atoms with Crippen molar-refractivity contribution in [2.45, 2.75) is 19.3 Å². The Balaban J connectivity index is 1.30. The van der Waals surface area contributed by atoms with Crippen LogP contribution in [0.1, 0.15) is 39.1 Å². The maximum atomic E-state index is 13.2. The molecule has 0 radical (unpaired) electrons. The Morgan fingerprint density at radius 2 is 1.35 bits per heavy atom. The molecule has 4 aromatic carbocycles.